The maximum atomic E-state index is 11.8. The van der Waals surface area contributed by atoms with E-state index in [2.05, 4.69) is 5.10 Å². The Kier molecular flexibility index (Phi) is 2.62. The Labute approximate surface area is 69.2 Å². The Morgan fingerprint density at radius 1 is 1.67 bits per heavy atom. The van der Waals surface area contributed by atoms with Crippen LogP contribution in [0.1, 0.15) is 12.1 Å². The normalized spacial score (nSPS) is 11.0. The van der Waals surface area contributed by atoms with Crippen molar-refractivity contribution in [3.05, 3.63) is 11.9 Å². The molecule has 1 aromatic rings. The summed E-state index contributed by atoms with van der Waals surface area (Å²) >= 11 is 0. The standard InChI is InChI=1S/C7H11F2N3/c1-5-6(10)4-11-12(5)3-2-7(8)9/h4,7H,2-3,10H2,1H3. The fourth-order valence-electron chi connectivity index (χ4n) is 0.906. The van der Waals surface area contributed by atoms with Gasteiger partial charge in [-0.1, -0.05) is 0 Å². The third-order valence-electron chi connectivity index (χ3n) is 1.70. The van der Waals surface area contributed by atoms with Gasteiger partial charge in [-0.3, -0.25) is 4.68 Å². The summed E-state index contributed by atoms with van der Waals surface area (Å²) in [5.74, 6) is 0. The molecule has 1 rings (SSSR count). The first kappa shape index (κ1) is 8.96. The SMILES string of the molecule is Cc1c(N)cnn1CCC(F)F. The highest BCUT2D eigenvalue weighted by molar-refractivity contribution is 5.39. The first-order valence-electron chi connectivity index (χ1n) is 3.67. The summed E-state index contributed by atoms with van der Waals surface area (Å²) in [6.45, 7) is 1.98. The highest BCUT2D eigenvalue weighted by Gasteiger charge is 2.06. The predicted molar refractivity (Wildman–Crippen MR) is 42.0 cm³/mol. The molecule has 0 aliphatic heterocycles. The second-order valence-corrected chi connectivity index (χ2v) is 2.59. The lowest BCUT2D eigenvalue weighted by Crippen LogP contribution is -2.06. The molecule has 68 valence electrons. The maximum Gasteiger partial charge on any atom is 0.240 e. The molecule has 0 spiro atoms. The molecule has 2 N–H and O–H groups in total. The summed E-state index contributed by atoms with van der Waals surface area (Å²) in [7, 11) is 0. The van der Waals surface area contributed by atoms with Gasteiger partial charge < -0.3 is 5.73 Å². The summed E-state index contributed by atoms with van der Waals surface area (Å²) in [5, 5.41) is 3.85. The highest BCUT2D eigenvalue weighted by Crippen LogP contribution is 2.10. The number of nitrogens with zero attached hydrogens (tertiary/aromatic N) is 2. The Balaban J connectivity index is 2.58. The molecule has 0 radical (unpaired) electrons. The first-order valence-corrected chi connectivity index (χ1v) is 3.67. The smallest absolute Gasteiger partial charge is 0.240 e. The van der Waals surface area contributed by atoms with Crippen LogP contribution in [0.4, 0.5) is 14.5 Å². The average molecular weight is 175 g/mol. The lowest BCUT2D eigenvalue weighted by atomic mass is 10.4. The lowest BCUT2D eigenvalue weighted by molar-refractivity contribution is 0.129. The number of aryl methyl sites for hydroxylation is 1. The van der Waals surface area contributed by atoms with Crippen molar-refractivity contribution in [2.24, 2.45) is 0 Å². The number of nitrogen functional groups attached to an aromatic ring is 1. The quantitative estimate of drug-likeness (QED) is 0.755. The van der Waals surface area contributed by atoms with Gasteiger partial charge in [0.05, 0.1) is 17.6 Å². The number of hydrogen-bond donors (Lipinski definition) is 1. The van der Waals surface area contributed by atoms with E-state index in [4.69, 9.17) is 5.73 Å². The molecule has 3 nitrogen and oxygen atoms in total. The van der Waals surface area contributed by atoms with Gasteiger partial charge in [-0.15, -0.1) is 0 Å². The summed E-state index contributed by atoms with van der Waals surface area (Å²) < 4.78 is 25.1. The van der Waals surface area contributed by atoms with Gasteiger partial charge in [-0.2, -0.15) is 5.10 Å². The number of alkyl halides is 2. The van der Waals surface area contributed by atoms with E-state index in [0.717, 1.165) is 5.69 Å². The third kappa shape index (κ3) is 1.93. The molecule has 0 aliphatic carbocycles. The maximum absolute atomic E-state index is 11.8. The number of rotatable bonds is 3. The molecule has 0 saturated carbocycles. The molecule has 0 saturated heterocycles. The zero-order valence-corrected chi connectivity index (χ0v) is 6.80. The molecule has 0 fully saturated rings. The Morgan fingerprint density at radius 3 is 2.75 bits per heavy atom. The molecule has 1 aromatic heterocycles. The average Bonchev–Trinajstić information content (AvgIpc) is 2.30. The minimum absolute atomic E-state index is 0.179. The summed E-state index contributed by atoms with van der Waals surface area (Å²) in [5.41, 5.74) is 6.77. The summed E-state index contributed by atoms with van der Waals surface area (Å²) in [6, 6.07) is 0. The minimum atomic E-state index is -2.28. The molecule has 0 bridgehead atoms. The molecule has 1 heterocycles. The topological polar surface area (TPSA) is 43.8 Å². The third-order valence-corrected chi connectivity index (χ3v) is 1.70. The number of anilines is 1. The van der Waals surface area contributed by atoms with Crippen LogP contribution in [0.3, 0.4) is 0 Å². The molecular formula is C7H11F2N3. The van der Waals surface area contributed by atoms with E-state index in [0.29, 0.717) is 5.69 Å². The van der Waals surface area contributed by atoms with Crippen LogP contribution in [0.2, 0.25) is 0 Å². The van der Waals surface area contributed by atoms with Crippen molar-refractivity contribution in [2.45, 2.75) is 26.3 Å². The molecular weight excluding hydrogens is 164 g/mol. The van der Waals surface area contributed by atoms with Crippen LogP contribution >= 0.6 is 0 Å². The van der Waals surface area contributed by atoms with Crippen LogP contribution in [0.25, 0.3) is 0 Å². The van der Waals surface area contributed by atoms with Crippen LogP contribution in [0.5, 0.6) is 0 Å². The number of halogens is 2. The van der Waals surface area contributed by atoms with Crippen LogP contribution in [0.15, 0.2) is 6.20 Å². The van der Waals surface area contributed by atoms with Gasteiger partial charge >= 0.3 is 0 Å². The van der Waals surface area contributed by atoms with Crippen molar-refractivity contribution in [2.75, 3.05) is 5.73 Å². The lowest BCUT2D eigenvalue weighted by Gasteiger charge is -2.02. The highest BCUT2D eigenvalue weighted by atomic mass is 19.3. The van der Waals surface area contributed by atoms with E-state index in [1.54, 1.807) is 6.92 Å². The van der Waals surface area contributed by atoms with E-state index < -0.39 is 6.43 Å². The van der Waals surface area contributed by atoms with E-state index >= 15 is 0 Å². The fraction of sp³-hybridized carbons (Fsp3) is 0.571. The van der Waals surface area contributed by atoms with Gasteiger partial charge in [0.25, 0.3) is 0 Å². The van der Waals surface area contributed by atoms with Crippen molar-refractivity contribution in [3.63, 3.8) is 0 Å². The van der Waals surface area contributed by atoms with Gasteiger partial charge in [0.1, 0.15) is 0 Å². The second kappa shape index (κ2) is 3.51. The van der Waals surface area contributed by atoms with Crippen molar-refractivity contribution >= 4 is 5.69 Å². The van der Waals surface area contributed by atoms with Crippen molar-refractivity contribution in [1.29, 1.82) is 0 Å². The molecule has 0 aliphatic rings. The fourth-order valence-corrected chi connectivity index (χ4v) is 0.906. The predicted octanol–water partition coefficient (Wildman–Crippen LogP) is 1.43. The Morgan fingerprint density at radius 2 is 2.33 bits per heavy atom. The molecule has 0 amide bonds. The van der Waals surface area contributed by atoms with E-state index in [9.17, 15) is 8.78 Å². The van der Waals surface area contributed by atoms with Gasteiger partial charge in [-0.05, 0) is 6.92 Å². The first-order chi connectivity index (χ1) is 5.61. The van der Waals surface area contributed by atoms with Crippen LogP contribution in [0, 0.1) is 6.92 Å². The van der Waals surface area contributed by atoms with E-state index in [1.165, 1.54) is 10.9 Å². The Hall–Kier alpha value is -1.13. The van der Waals surface area contributed by atoms with Crippen molar-refractivity contribution in [1.82, 2.24) is 9.78 Å². The van der Waals surface area contributed by atoms with Gasteiger partial charge in [0, 0.05) is 13.0 Å². The number of aromatic nitrogens is 2. The van der Waals surface area contributed by atoms with Gasteiger partial charge in [0.15, 0.2) is 0 Å². The van der Waals surface area contributed by atoms with Gasteiger partial charge in [-0.25, -0.2) is 8.78 Å². The molecule has 5 heteroatoms. The van der Waals surface area contributed by atoms with Crippen molar-refractivity contribution < 1.29 is 8.78 Å². The van der Waals surface area contributed by atoms with Crippen LogP contribution < -0.4 is 5.73 Å². The van der Waals surface area contributed by atoms with E-state index in [1.807, 2.05) is 0 Å². The largest absolute Gasteiger partial charge is 0.396 e. The van der Waals surface area contributed by atoms with Gasteiger partial charge in [0.2, 0.25) is 6.43 Å². The molecule has 0 atom stereocenters. The summed E-state index contributed by atoms with van der Waals surface area (Å²) in [4.78, 5) is 0. The number of hydrogen-bond acceptors (Lipinski definition) is 2. The van der Waals surface area contributed by atoms with Crippen LogP contribution in [-0.4, -0.2) is 16.2 Å². The zero-order valence-electron chi connectivity index (χ0n) is 6.80. The Bertz CT molecular complexity index is 257. The number of nitrogens with two attached hydrogens (primary N) is 1. The monoisotopic (exact) mass is 175 g/mol. The zero-order chi connectivity index (χ0) is 9.14. The minimum Gasteiger partial charge on any atom is -0.396 e. The summed E-state index contributed by atoms with van der Waals surface area (Å²) in [6.07, 6.45) is -0.988. The molecule has 12 heavy (non-hydrogen) atoms. The van der Waals surface area contributed by atoms with Crippen LogP contribution in [-0.2, 0) is 6.54 Å². The van der Waals surface area contributed by atoms with Crippen molar-refractivity contribution in [3.8, 4) is 0 Å². The molecule has 0 aromatic carbocycles. The second-order valence-electron chi connectivity index (χ2n) is 2.59. The van der Waals surface area contributed by atoms with E-state index in [-0.39, 0.29) is 13.0 Å². The molecule has 0 unspecified atom stereocenters.